The first-order valence-corrected chi connectivity index (χ1v) is 10.3. The predicted molar refractivity (Wildman–Crippen MR) is 107 cm³/mol. The van der Waals surface area contributed by atoms with Crippen LogP contribution in [0.15, 0.2) is 23.4 Å². The maximum absolute atomic E-state index is 13.2. The van der Waals surface area contributed by atoms with Gasteiger partial charge in [0.05, 0.1) is 32.0 Å². The summed E-state index contributed by atoms with van der Waals surface area (Å²) in [6.07, 6.45) is 0.849. The quantitative estimate of drug-likeness (QED) is 0.279. The molecule has 0 spiro atoms. The van der Waals surface area contributed by atoms with Crippen LogP contribution in [-0.2, 0) is 25.6 Å². The number of nitrogens with two attached hydrogens (primary N) is 1. The van der Waals surface area contributed by atoms with E-state index in [1.807, 2.05) is 12.1 Å². The molecule has 1 aromatic carbocycles. The molecule has 2 bridgehead atoms. The molecule has 2 aliphatic heterocycles. The highest BCUT2D eigenvalue weighted by atomic mass is 16.6. The van der Waals surface area contributed by atoms with Crippen molar-refractivity contribution in [2.24, 2.45) is 40.6 Å². The number of benzene rings is 1. The Morgan fingerprint density at radius 3 is 2.55 bits per heavy atom. The molecule has 4 aliphatic rings. The zero-order valence-corrected chi connectivity index (χ0v) is 17.2. The lowest BCUT2D eigenvalue weighted by Gasteiger charge is -2.29. The zero-order valence-electron chi connectivity index (χ0n) is 17.2. The number of methoxy groups -OCH3 is 2. The number of oxime groups is 1. The van der Waals surface area contributed by atoms with E-state index in [1.54, 1.807) is 20.3 Å². The van der Waals surface area contributed by atoms with Gasteiger partial charge in [0.1, 0.15) is 6.10 Å². The molecule has 10 nitrogen and oxygen atoms in total. The van der Waals surface area contributed by atoms with Crippen LogP contribution in [0.4, 0.5) is 0 Å². The minimum atomic E-state index is -0.501. The summed E-state index contributed by atoms with van der Waals surface area (Å²) in [5.74, 6) is 4.29. The van der Waals surface area contributed by atoms with Crippen molar-refractivity contribution >= 4 is 23.4 Å². The van der Waals surface area contributed by atoms with Gasteiger partial charge in [0, 0.05) is 12.5 Å². The number of amides is 3. The second-order valence-corrected chi connectivity index (χ2v) is 8.43. The monoisotopic (exact) mass is 428 g/mol. The lowest BCUT2D eigenvalue weighted by molar-refractivity contribution is -0.141. The Bertz CT molecular complexity index is 994. The van der Waals surface area contributed by atoms with Gasteiger partial charge in [-0.1, -0.05) is 11.2 Å². The van der Waals surface area contributed by atoms with Gasteiger partial charge in [-0.25, -0.2) is 5.84 Å². The molecule has 10 heteroatoms. The van der Waals surface area contributed by atoms with Gasteiger partial charge in [0.2, 0.25) is 11.8 Å². The Balaban J connectivity index is 1.33. The second-order valence-electron chi connectivity index (χ2n) is 8.43. The van der Waals surface area contributed by atoms with E-state index in [0.29, 0.717) is 30.9 Å². The summed E-state index contributed by atoms with van der Waals surface area (Å²) in [4.78, 5) is 45.3. The van der Waals surface area contributed by atoms with Crippen LogP contribution in [0.2, 0.25) is 0 Å². The largest absolute Gasteiger partial charge is 0.493 e. The van der Waals surface area contributed by atoms with E-state index in [4.69, 9.17) is 20.2 Å². The molecule has 3 fully saturated rings. The number of likely N-dealkylation sites (tertiary alicyclic amines) is 1. The molecule has 6 atom stereocenters. The lowest BCUT2D eigenvalue weighted by Crippen LogP contribution is -2.46. The van der Waals surface area contributed by atoms with Crippen molar-refractivity contribution in [2.75, 3.05) is 20.8 Å². The number of ether oxygens (including phenoxy) is 2. The van der Waals surface area contributed by atoms with Crippen LogP contribution in [-0.4, -0.2) is 55.2 Å². The number of nitrogens with one attached hydrogen (secondary N) is 1. The number of fused-ring (bicyclic) bond motifs is 8. The summed E-state index contributed by atoms with van der Waals surface area (Å²) in [7, 11) is 3.13. The molecule has 0 unspecified atom stereocenters. The minimum absolute atomic E-state index is 0.116. The van der Waals surface area contributed by atoms with Crippen LogP contribution in [0.1, 0.15) is 12.0 Å². The average Bonchev–Trinajstić information content (AvgIpc) is 3.52. The Morgan fingerprint density at radius 2 is 1.87 bits per heavy atom. The average molecular weight is 428 g/mol. The second kappa shape index (κ2) is 7.23. The van der Waals surface area contributed by atoms with Crippen molar-refractivity contribution in [1.29, 1.82) is 0 Å². The molecule has 2 aliphatic carbocycles. The Labute approximate surface area is 178 Å². The fourth-order valence-corrected chi connectivity index (χ4v) is 5.95. The van der Waals surface area contributed by atoms with E-state index in [0.717, 1.165) is 5.56 Å². The maximum atomic E-state index is 13.2. The summed E-state index contributed by atoms with van der Waals surface area (Å²) in [6, 6.07) is 5.54. The third kappa shape index (κ3) is 2.74. The highest BCUT2D eigenvalue weighted by Gasteiger charge is 2.70. The fraction of sp³-hybridized carbons (Fsp3) is 0.524. The number of rotatable bonds is 6. The van der Waals surface area contributed by atoms with E-state index < -0.39 is 17.7 Å². The number of carbonyl (C=O) groups excluding carboxylic acids is 3. The van der Waals surface area contributed by atoms with E-state index in [9.17, 15) is 14.4 Å². The number of nitrogens with zero attached hydrogens (tertiary/aromatic N) is 2. The summed E-state index contributed by atoms with van der Waals surface area (Å²) in [5.41, 5.74) is 3.25. The molecule has 3 amide bonds. The Kier molecular flexibility index (Phi) is 4.62. The van der Waals surface area contributed by atoms with Gasteiger partial charge in [-0.2, -0.15) is 0 Å². The Hall–Kier alpha value is -3.14. The summed E-state index contributed by atoms with van der Waals surface area (Å²) < 4.78 is 10.6. The molecule has 1 aromatic rings. The summed E-state index contributed by atoms with van der Waals surface area (Å²) >= 11 is 0. The van der Waals surface area contributed by atoms with Crippen molar-refractivity contribution < 1.29 is 28.7 Å². The molecule has 5 rings (SSSR count). The van der Waals surface area contributed by atoms with Gasteiger partial charge in [0.15, 0.2) is 17.2 Å². The molecular formula is C21H24N4O6. The lowest BCUT2D eigenvalue weighted by atomic mass is 9.72. The van der Waals surface area contributed by atoms with Crippen molar-refractivity contribution in [3.8, 4) is 11.5 Å². The number of carbonyl (C=O) groups is 3. The van der Waals surface area contributed by atoms with E-state index in [-0.39, 0.29) is 41.4 Å². The smallest absolute Gasteiger partial charge is 0.283 e. The van der Waals surface area contributed by atoms with Gasteiger partial charge in [-0.3, -0.25) is 24.7 Å². The van der Waals surface area contributed by atoms with E-state index >= 15 is 0 Å². The standard InChI is InChI=1S/C21H24N4O6/c1-29-12-4-3-9(7-13(12)30-2)5-6-25-20(27)14-10-8-11(15(14)21(25)28)18-16(10)17(24-31-18)19(26)23-22/h3-4,7,10-11,14-16,18H,5-6,8,22H2,1-2H3,(H,23,26)/t10-,11+,14+,15+,16+,18-/m1/s1. The molecule has 31 heavy (non-hydrogen) atoms. The van der Waals surface area contributed by atoms with Gasteiger partial charge in [0.25, 0.3) is 5.91 Å². The fourth-order valence-electron chi connectivity index (χ4n) is 5.95. The van der Waals surface area contributed by atoms with Gasteiger partial charge < -0.3 is 14.3 Å². The molecule has 0 radical (unpaired) electrons. The van der Waals surface area contributed by atoms with Crippen molar-refractivity contribution in [1.82, 2.24) is 10.3 Å². The number of imide groups is 1. The number of hydrazine groups is 1. The molecular weight excluding hydrogens is 404 g/mol. The summed E-state index contributed by atoms with van der Waals surface area (Å²) in [6.45, 7) is 0.292. The molecule has 2 saturated carbocycles. The first kappa shape index (κ1) is 19.8. The molecule has 3 N–H and O–H groups in total. The third-order valence-corrected chi connectivity index (χ3v) is 7.22. The normalized spacial score (nSPS) is 32.5. The van der Waals surface area contributed by atoms with E-state index in [1.165, 1.54) is 4.90 Å². The molecule has 164 valence electrons. The first-order valence-electron chi connectivity index (χ1n) is 10.3. The van der Waals surface area contributed by atoms with Gasteiger partial charge in [-0.05, 0) is 36.5 Å². The van der Waals surface area contributed by atoms with Crippen molar-refractivity contribution in [3.05, 3.63) is 23.8 Å². The number of hydrogen-bond donors (Lipinski definition) is 2. The highest BCUT2D eigenvalue weighted by Crippen LogP contribution is 2.61. The van der Waals surface area contributed by atoms with E-state index in [2.05, 4.69) is 10.6 Å². The maximum Gasteiger partial charge on any atom is 0.283 e. The SMILES string of the molecule is COc1ccc(CCN2C(=O)[C@H]3[C@@H]4C[C@@H]([C@H]5C(C(=O)NN)=NO[C@H]45)[C@@H]3C2=O)cc1OC. The van der Waals surface area contributed by atoms with Crippen molar-refractivity contribution in [2.45, 2.75) is 18.9 Å². The van der Waals surface area contributed by atoms with Crippen LogP contribution in [0.25, 0.3) is 0 Å². The van der Waals surface area contributed by atoms with Crippen LogP contribution in [0, 0.1) is 29.6 Å². The van der Waals surface area contributed by atoms with Crippen molar-refractivity contribution in [3.63, 3.8) is 0 Å². The number of hydrogen-bond acceptors (Lipinski definition) is 8. The predicted octanol–water partition coefficient (Wildman–Crippen LogP) is -0.142. The van der Waals surface area contributed by atoms with Gasteiger partial charge >= 0.3 is 0 Å². The Morgan fingerprint density at radius 1 is 1.16 bits per heavy atom. The van der Waals surface area contributed by atoms with Crippen LogP contribution in [0.3, 0.4) is 0 Å². The minimum Gasteiger partial charge on any atom is -0.493 e. The highest BCUT2D eigenvalue weighted by molar-refractivity contribution is 6.40. The van der Waals surface area contributed by atoms with Crippen LogP contribution in [0.5, 0.6) is 11.5 Å². The third-order valence-electron chi connectivity index (χ3n) is 7.22. The molecule has 1 saturated heterocycles. The molecule has 2 heterocycles. The van der Waals surface area contributed by atoms with Gasteiger partial charge in [-0.15, -0.1) is 0 Å². The topological polar surface area (TPSA) is 133 Å². The van der Waals surface area contributed by atoms with Crippen LogP contribution < -0.4 is 20.7 Å². The summed E-state index contributed by atoms with van der Waals surface area (Å²) in [5, 5.41) is 3.90. The zero-order chi connectivity index (χ0) is 21.9. The molecule has 0 aromatic heterocycles. The van der Waals surface area contributed by atoms with Crippen LogP contribution >= 0.6 is 0 Å². The first-order chi connectivity index (χ1) is 15.0.